The number of nitriles is 1. The van der Waals surface area contributed by atoms with Crippen molar-refractivity contribution in [1.29, 1.82) is 5.26 Å². The second-order valence-corrected chi connectivity index (χ2v) is 3.20. The molecule has 2 rings (SSSR count). The third kappa shape index (κ3) is 2.30. The Morgan fingerprint density at radius 3 is 2.94 bits per heavy atom. The lowest BCUT2D eigenvalue weighted by Gasteiger charge is -2.04. The summed E-state index contributed by atoms with van der Waals surface area (Å²) in [4.78, 5) is 12.2. The lowest BCUT2D eigenvalue weighted by Crippen LogP contribution is -2.00. The van der Waals surface area contributed by atoms with E-state index in [2.05, 4.69) is 20.3 Å². The molecule has 0 fully saturated rings. The Labute approximate surface area is 92.8 Å². The van der Waals surface area contributed by atoms with Crippen molar-refractivity contribution in [3.8, 4) is 6.07 Å². The van der Waals surface area contributed by atoms with Crippen molar-refractivity contribution in [2.24, 2.45) is 0 Å². The van der Waals surface area contributed by atoms with E-state index in [9.17, 15) is 0 Å². The normalized spacial score (nSPS) is 9.50. The summed E-state index contributed by atoms with van der Waals surface area (Å²) < 4.78 is 0. The Kier molecular flexibility index (Phi) is 2.74. The number of pyridine rings is 1. The van der Waals surface area contributed by atoms with E-state index in [0.29, 0.717) is 11.6 Å². The van der Waals surface area contributed by atoms with Gasteiger partial charge < -0.3 is 5.32 Å². The first-order valence-electron chi connectivity index (χ1n) is 4.71. The van der Waals surface area contributed by atoms with Gasteiger partial charge in [-0.2, -0.15) is 5.26 Å². The monoisotopic (exact) mass is 211 g/mol. The highest BCUT2D eigenvalue weighted by Gasteiger charge is 2.01. The first-order valence-corrected chi connectivity index (χ1v) is 4.71. The number of hydrogen-bond acceptors (Lipinski definition) is 5. The summed E-state index contributed by atoms with van der Waals surface area (Å²) in [5.74, 6) is 0.407. The minimum Gasteiger partial charge on any atom is -0.323 e. The zero-order valence-corrected chi connectivity index (χ0v) is 8.68. The summed E-state index contributed by atoms with van der Waals surface area (Å²) in [6.07, 6.45) is 3.35. The topological polar surface area (TPSA) is 74.5 Å². The molecule has 2 heterocycles. The van der Waals surface area contributed by atoms with Crippen molar-refractivity contribution < 1.29 is 0 Å². The van der Waals surface area contributed by atoms with Crippen LogP contribution in [0.15, 0.2) is 30.6 Å². The average Bonchev–Trinajstić information content (AvgIpc) is 2.29. The van der Waals surface area contributed by atoms with Gasteiger partial charge in [-0.15, -0.1) is 0 Å². The smallest absolute Gasteiger partial charge is 0.228 e. The van der Waals surface area contributed by atoms with Gasteiger partial charge in [-0.1, -0.05) is 0 Å². The van der Waals surface area contributed by atoms with E-state index in [0.717, 1.165) is 11.4 Å². The molecule has 2 aromatic heterocycles. The number of anilines is 2. The number of hydrogen-bond donors (Lipinski definition) is 1. The van der Waals surface area contributed by atoms with E-state index in [1.165, 1.54) is 0 Å². The molecule has 0 aliphatic heterocycles. The first kappa shape index (κ1) is 10.1. The SMILES string of the molecule is Cc1cc(C#N)nc(Nc2cccnc2)n1. The molecule has 0 aliphatic rings. The molecule has 0 amide bonds. The van der Waals surface area contributed by atoms with Gasteiger partial charge >= 0.3 is 0 Å². The second kappa shape index (κ2) is 4.36. The van der Waals surface area contributed by atoms with Gasteiger partial charge in [0.1, 0.15) is 11.8 Å². The standard InChI is InChI=1S/C11H9N5/c1-8-5-10(6-12)16-11(14-8)15-9-3-2-4-13-7-9/h2-5,7H,1H3,(H,14,15,16). The van der Waals surface area contributed by atoms with Gasteiger partial charge in [-0.05, 0) is 25.1 Å². The third-order valence-electron chi connectivity index (χ3n) is 1.89. The van der Waals surface area contributed by atoms with Crippen LogP contribution in [0.3, 0.4) is 0 Å². The number of aryl methyl sites for hydroxylation is 1. The van der Waals surface area contributed by atoms with E-state index in [1.807, 2.05) is 25.1 Å². The maximum Gasteiger partial charge on any atom is 0.228 e. The Balaban J connectivity index is 2.29. The summed E-state index contributed by atoms with van der Waals surface area (Å²) in [6.45, 7) is 1.82. The van der Waals surface area contributed by atoms with Crippen LogP contribution in [0.2, 0.25) is 0 Å². The van der Waals surface area contributed by atoms with Crippen molar-refractivity contribution in [3.63, 3.8) is 0 Å². The van der Waals surface area contributed by atoms with Gasteiger partial charge in [0, 0.05) is 11.9 Å². The Morgan fingerprint density at radius 1 is 1.38 bits per heavy atom. The van der Waals surface area contributed by atoms with Crippen LogP contribution in [0.25, 0.3) is 0 Å². The Morgan fingerprint density at radius 2 is 2.25 bits per heavy atom. The van der Waals surface area contributed by atoms with Gasteiger partial charge in [0.2, 0.25) is 5.95 Å². The molecule has 78 valence electrons. The fourth-order valence-electron chi connectivity index (χ4n) is 1.25. The molecule has 16 heavy (non-hydrogen) atoms. The fourth-order valence-corrected chi connectivity index (χ4v) is 1.25. The molecule has 0 bridgehead atoms. The number of aromatic nitrogens is 3. The molecule has 0 saturated heterocycles. The van der Waals surface area contributed by atoms with Crippen molar-refractivity contribution in [2.75, 3.05) is 5.32 Å². The van der Waals surface area contributed by atoms with Crippen molar-refractivity contribution in [3.05, 3.63) is 42.0 Å². The largest absolute Gasteiger partial charge is 0.323 e. The van der Waals surface area contributed by atoms with Gasteiger partial charge in [0.15, 0.2) is 0 Å². The highest BCUT2D eigenvalue weighted by atomic mass is 15.1. The lowest BCUT2D eigenvalue weighted by molar-refractivity contribution is 1.08. The molecule has 0 saturated carbocycles. The second-order valence-electron chi connectivity index (χ2n) is 3.20. The van der Waals surface area contributed by atoms with Crippen LogP contribution in [-0.2, 0) is 0 Å². The number of rotatable bonds is 2. The maximum absolute atomic E-state index is 8.77. The van der Waals surface area contributed by atoms with Crippen LogP contribution in [0.5, 0.6) is 0 Å². The quantitative estimate of drug-likeness (QED) is 0.819. The predicted molar refractivity (Wildman–Crippen MR) is 59.0 cm³/mol. The molecule has 0 aliphatic carbocycles. The first-order chi connectivity index (χ1) is 7.78. The highest BCUT2D eigenvalue weighted by molar-refractivity contribution is 5.51. The van der Waals surface area contributed by atoms with E-state index in [4.69, 9.17) is 5.26 Å². The van der Waals surface area contributed by atoms with Gasteiger partial charge in [0.05, 0.1) is 11.9 Å². The number of nitrogens with zero attached hydrogens (tertiary/aromatic N) is 4. The van der Waals surface area contributed by atoms with Crippen LogP contribution < -0.4 is 5.32 Å². The molecule has 5 nitrogen and oxygen atoms in total. The van der Waals surface area contributed by atoms with Crippen molar-refractivity contribution in [2.45, 2.75) is 6.92 Å². The molecule has 0 spiro atoms. The van der Waals surface area contributed by atoms with Crippen LogP contribution in [0, 0.1) is 18.3 Å². The Hall–Kier alpha value is -2.48. The minimum atomic E-state index is 0.346. The maximum atomic E-state index is 8.77. The van der Waals surface area contributed by atoms with Crippen LogP contribution in [0.4, 0.5) is 11.6 Å². The van der Waals surface area contributed by atoms with Gasteiger partial charge in [-0.25, -0.2) is 9.97 Å². The van der Waals surface area contributed by atoms with E-state index in [1.54, 1.807) is 18.5 Å². The molecular weight excluding hydrogens is 202 g/mol. The summed E-state index contributed by atoms with van der Waals surface area (Å²) in [5, 5.41) is 11.8. The Bertz CT molecular complexity index is 530. The van der Waals surface area contributed by atoms with E-state index in [-0.39, 0.29) is 0 Å². The molecule has 0 aromatic carbocycles. The molecule has 0 unspecified atom stereocenters. The summed E-state index contributed by atoms with van der Waals surface area (Å²) in [7, 11) is 0. The predicted octanol–water partition coefficient (Wildman–Crippen LogP) is 1.80. The van der Waals surface area contributed by atoms with Crippen molar-refractivity contribution >= 4 is 11.6 Å². The molecule has 1 N–H and O–H groups in total. The lowest BCUT2D eigenvalue weighted by atomic mass is 10.3. The third-order valence-corrected chi connectivity index (χ3v) is 1.89. The summed E-state index contributed by atoms with van der Waals surface area (Å²) in [5.41, 5.74) is 1.88. The highest BCUT2D eigenvalue weighted by Crippen LogP contribution is 2.11. The van der Waals surface area contributed by atoms with Crippen molar-refractivity contribution in [1.82, 2.24) is 15.0 Å². The van der Waals surface area contributed by atoms with E-state index >= 15 is 0 Å². The summed E-state index contributed by atoms with van der Waals surface area (Å²) >= 11 is 0. The van der Waals surface area contributed by atoms with Gasteiger partial charge in [-0.3, -0.25) is 4.98 Å². The average molecular weight is 211 g/mol. The molecule has 0 atom stereocenters. The zero-order chi connectivity index (χ0) is 11.4. The van der Waals surface area contributed by atoms with Crippen LogP contribution in [0.1, 0.15) is 11.4 Å². The zero-order valence-electron chi connectivity index (χ0n) is 8.68. The van der Waals surface area contributed by atoms with Crippen LogP contribution in [-0.4, -0.2) is 15.0 Å². The van der Waals surface area contributed by atoms with E-state index < -0.39 is 0 Å². The molecule has 5 heteroatoms. The minimum absolute atomic E-state index is 0.346. The molecule has 2 aromatic rings. The fraction of sp³-hybridized carbons (Fsp3) is 0.0909. The summed E-state index contributed by atoms with van der Waals surface area (Å²) in [6, 6.07) is 7.28. The number of nitrogens with one attached hydrogen (secondary N) is 1. The molecular formula is C11H9N5. The van der Waals surface area contributed by atoms with Crippen LogP contribution >= 0.6 is 0 Å². The molecule has 0 radical (unpaired) electrons. The van der Waals surface area contributed by atoms with Gasteiger partial charge in [0.25, 0.3) is 0 Å².